The van der Waals surface area contributed by atoms with Crippen molar-refractivity contribution in [3.63, 3.8) is 0 Å². The summed E-state index contributed by atoms with van der Waals surface area (Å²) in [6.07, 6.45) is 0.328. The van der Waals surface area contributed by atoms with E-state index in [-0.39, 0.29) is 61.1 Å². The number of ether oxygens (including phenoxy) is 1. The van der Waals surface area contributed by atoms with Crippen LogP contribution in [0.5, 0.6) is 5.75 Å². The molecule has 1 aromatic carbocycles. The maximum absolute atomic E-state index is 11.9. The molecule has 1 aromatic rings. The maximum atomic E-state index is 11.9. The van der Waals surface area contributed by atoms with E-state index in [2.05, 4.69) is 5.48 Å². The van der Waals surface area contributed by atoms with Crippen LogP contribution in [0, 0.1) is 0 Å². The molecule has 0 radical (unpaired) electrons. The van der Waals surface area contributed by atoms with Gasteiger partial charge in [0.25, 0.3) is 5.91 Å². The van der Waals surface area contributed by atoms with Crippen LogP contribution in [0.15, 0.2) is 12.1 Å². The normalized spacial score (nSPS) is 24.8. The number of carbonyl (C=O) groups excluding carboxylic acids is 1. The Morgan fingerprint density at radius 2 is 2.03 bits per heavy atom. The van der Waals surface area contributed by atoms with Crippen LogP contribution in [0.1, 0.15) is 33.8 Å². The van der Waals surface area contributed by atoms with Gasteiger partial charge in [-0.1, -0.05) is 24.4 Å². The summed E-state index contributed by atoms with van der Waals surface area (Å²) in [7, 11) is 0. The highest BCUT2D eigenvalue weighted by Gasteiger charge is 2.52. The van der Waals surface area contributed by atoms with Gasteiger partial charge in [0.15, 0.2) is 0 Å². The van der Waals surface area contributed by atoms with Crippen LogP contribution in [0.2, 0.25) is 5.82 Å². The average Bonchev–Trinajstić information content (AvgIpc) is 3.41. The highest BCUT2D eigenvalue weighted by Crippen LogP contribution is 2.62. The monoisotopic (exact) mass is 407 g/mol. The predicted molar refractivity (Wildman–Crippen MR) is 100 cm³/mol. The van der Waals surface area contributed by atoms with E-state index in [9.17, 15) is 24.7 Å². The van der Waals surface area contributed by atoms with E-state index >= 15 is 0 Å². The Bertz CT molecular complexity index is 826. The average molecular weight is 407 g/mol. The molecule has 1 saturated carbocycles. The first-order valence-corrected chi connectivity index (χ1v) is 9.71. The predicted octanol–water partition coefficient (Wildman–Crippen LogP) is -1.13. The van der Waals surface area contributed by atoms with Crippen molar-refractivity contribution in [3.05, 3.63) is 28.8 Å². The van der Waals surface area contributed by atoms with Crippen LogP contribution in [-0.4, -0.2) is 82.5 Å². The molecule has 0 aromatic heterocycles. The summed E-state index contributed by atoms with van der Waals surface area (Å²) < 4.78 is 5.86. The Labute approximate surface area is 167 Å². The van der Waals surface area contributed by atoms with Crippen LogP contribution < -0.4 is 10.2 Å². The Hall–Kier alpha value is -2.18. The molecule has 2 atom stereocenters. The van der Waals surface area contributed by atoms with Crippen molar-refractivity contribution in [2.45, 2.75) is 30.6 Å². The minimum absolute atomic E-state index is 0.00389. The number of nitrogens with zero attached hydrogens (tertiary/aromatic N) is 1. The van der Waals surface area contributed by atoms with E-state index in [1.807, 2.05) is 11.0 Å². The second kappa shape index (κ2) is 7.58. The van der Waals surface area contributed by atoms with E-state index in [0.29, 0.717) is 25.1 Å². The molecule has 158 valence electrons. The molecule has 2 fully saturated rings. The van der Waals surface area contributed by atoms with Crippen LogP contribution in [0.3, 0.4) is 0 Å². The van der Waals surface area contributed by atoms with E-state index in [4.69, 9.17) is 14.7 Å². The highest BCUT2D eigenvalue weighted by molar-refractivity contribution is 6.67. The van der Waals surface area contributed by atoms with Crippen molar-refractivity contribution in [2.24, 2.45) is 0 Å². The summed E-state index contributed by atoms with van der Waals surface area (Å²) >= 11 is 0. The molecule has 0 spiro atoms. The molecule has 29 heavy (non-hydrogen) atoms. The number of hydrogen-bond acceptors (Lipinski definition) is 8. The molecule has 1 aliphatic carbocycles. The standard InChI is InChI=1S/C18H24BN2O8/c22-3-4-28-20-16(23)9-21-7-10(8-21)29-15-2-1-11-12-5-14(12)19(26,27)6-13(11)17(15)18(24)25/h1-2,10,12,14,22,26-27H,3-9H2,(H,20,23)(H,24,25)/q-1. The SMILES string of the molecule is O=C(CN1CC(Oc2ccc3c(c2C(=O)O)C[B-](O)(O)C2CC32)C1)NOCCO. The van der Waals surface area contributed by atoms with E-state index in [1.165, 1.54) is 0 Å². The van der Waals surface area contributed by atoms with E-state index in [1.54, 1.807) is 6.07 Å². The number of amides is 1. The molecule has 2 unspecified atom stereocenters. The van der Waals surface area contributed by atoms with Gasteiger partial charge in [-0.25, -0.2) is 10.3 Å². The van der Waals surface area contributed by atoms with Crippen LogP contribution >= 0.6 is 0 Å². The molecular weight excluding hydrogens is 383 g/mol. The summed E-state index contributed by atoms with van der Waals surface area (Å²) in [6.45, 7) is -1.77. The molecular formula is C18H24BN2O8-. The van der Waals surface area contributed by atoms with Gasteiger partial charge in [-0.05, 0) is 17.5 Å². The molecule has 1 saturated heterocycles. The Balaban J connectivity index is 1.39. The number of aliphatic hydroxyl groups is 1. The fourth-order valence-electron chi connectivity index (χ4n) is 4.47. The lowest BCUT2D eigenvalue weighted by Gasteiger charge is -2.39. The first-order chi connectivity index (χ1) is 13.8. The van der Waals surface area contributed by atoms with Gasteiger partial charge in [0.05, 0.1) is 19.8 Å². The van der Waals surface area contributed by atoms with Crippen LogP contribution in [-0.2, 0) is 16.0 Å². The number of hydrogen-bond donors (Lipinski definition) is 5. The van der Waals surface area contributed by atoms with Gasteiger partial charge in [0.1, 0.15) is 17.4 Å². The second-order valence-corrected chi connectivity index (χ2v) is 8.07. The van der Waals surface area contributed by atoms with Crippen molar-refractivity contribution < 1.29 is 39.4 Å². The molecule has 2 heterocycles. The molecule has 0 bridgehead atoms. The lowest BCUT2D eigenvalue weighted by Crippen LogP contribution is -2.56. The minimum atomic E-state index is -2.59. The van der Waals surface area contributed by atoms with Crippen molar-refractivity contribution in [3.8, 4) is 5.75 Å². The zero-order valence-electron chi connectivity index (χ0n) is 15.8. The fourth-order valence-corrected chi connectivity index (χ4v) is 4.47. The van der Waals surface area contributed by atoms with Gasteiger partial charge in [-0.3, -0.25) is 14.5 Å². The molecule has 10 nitrogen and oxygen atoms in total. The zero-order valence-corrected chi connectivity index (χ0v) is 15.8. The van der Waals surface area contributed by atoms with Crippen LogP contribution in [0.25, 0.3) is 0 Å². The number of likely N-dealkylation sites (tertiary alicyclic amines) is 1. The third-order valence-electron chi connectivity index (χ3n) is 5.92. The zero-order chi connectivity index (χ0) is 20.8. The number of fused-ring (bicyclic) bond motifs is 3. The number of carboxylic acids is 1. The number of carboxylic acid groups (broad SMARTS) is 1. The van der Waals surface area contributed by atoms with Gasteiger partial charge in [0.2, 0.25) is 6.55 Å². The number of benzene rings is 1. The lowest BCUT2D eigenvalue weighted by molar-refractivity contribution is -0.137. The molecule has 11 heteroatoms. The lowest BCUT2D eigenvalue weighted by atomic mass is 9.45. The molecule has 5 N–H and O–H groups in total. The Morgan fingerprint density at radius 3 is 2.72 bits per heavy atom. The first kappa shape index (κ1) is 20.1. The molecule has 1 amide bonds. The number of rotatable bonds is 8. The largest absolute Gasteiger partial charge is 0.583 e. The van der Waals surface area contributed by atoms with E-state index in [0.717, 1.165) is 5.56 Å². The summed E-state index contributed by atoms with van der Waals surface area (Å²) in [5, 5.41) is 38.9. The first-order valence-electron chi connectivity index (χ1n) is 9.71. The molecule has 3 aliphatic rings. The number of hydroxylamine groups is 1. The maximum Gasteiger partial charge on any atom is 0.339 e. The number of aromatic carboxylic acids is 1. The van der Waals surface area contributed by atoms with Gasteiger partial charge in [-0.2, -0.15) is 0 Å². The minimum Gasteiger partial charge on any atom is -0.583 e. The second-order valence-electron chi connectivity index (χ2n) is 8.07. The summed E-state index contributed by atoms with van der Waals surface area (Å²) in [4.78, 5) is 30.1. The van der Waals surface area contributed by atoms with Gasteiger partial charge in [0, 0.05) is 13.1 Å². The van der Waals surface area contributed by atoms with Crippen LogP contribution in [0.4, 0.5) is 0 Å². The quantitative estimate of drug-likeness (QED) is 0.205. The molecule has 2 aliphatic heterocycles. The van der Waals surface area contributed by atoms with E-state index < -0.39 is 12.5 Å². The summed E-state index contributed by atoms with van der Waals surface area (Å²) in [5.41, 5.74) is 3.54. The van der Waals surface area contributed by atoms with Crippen molar-refractivity contribution in [2.75, 3.05) is 32.8 Å². The number of carbonyl (C=O) groups is 2. The Morgan fingerprint density at radius 1 is 1.28 bits per heavy atom. The summed E-state index contributed by atoms with van der Waals surface area (Å²) in [5.74, 6) is -1.46. The summed E-state index contributed by atoms with van der Waals surface area (Å²) in [6, 6.07) is 3.47. The topological polar surface area (TPSA) is 149 Å². The number of nitrogens with one attached hydrogen (secondary N) is 1. The number of aliphatic hydroxyl groups excluding tert-OH is 1. The molecule has 4 rings (SSSR count). The van der Waals surface area contributed by atoms with Crippen molar-refractivity contribution in [1.29, 1.82) is 0 Å². The van der Waals surface area contributed by atoms with Crippen molar-refractivity contribution in [1.82, 2.24) is 10.4 Å². The smallest absolute Gasteiger partial charge is 0.339 e. The third kappa shape index (κ3) is 3.96. The van der Waals surface area contributed by atoms with Gasteiger partial charge < -0.3 is 25.0 Å². The third-order valence-corrected chi connectivity index (χ3v) is 5.92. The fraction of sp³-hybridized carbons (Fsp3) is 0.556. The Kier molecular flexibility index (Phi) is 5.26. The highest BCUT2D eigenvalue weighted by atomic mass is 16.7. The van der Waals surface area contributed by atoms with Gasteiger partial charge >= 0.3 is 5.97 Å². The van der Waals surface area contributed by atoms with Gasteiger partial charge in [-0.15, -0.1) is 5.82 Å². The van der Waals surface area contributed by atoms with Crippen molar-refractivity contribution >= 4 is 18.4 Å².